The molecule has 82 valence electrons. The fourth-order valence-corrected chi connectivity index (χ4v) is 2.67. The van der Waals surface area contributed by atoms with Gasteiger partial charge in [-0.15, -0.1) is 23.2 Å². The van der Waals surface area contributed by atoms with Crippen LogP contribution in [0.25, 0.3) is 0 Å². The van der Waals surface area contributed by atoms with Crippen molar-refractivity contribution in [1.29, 1.82) is 0 Å². The number of halogens is 4. The van der Waals surface area contributed by atoms with Gasteiger partial charge in [0.2, 0.25) is 0 Å². The first-order valence-corrected chi connectivity index (χ1v) is 6.95. The zero-order chi connectivity index (χ0) is 11.3. The average molecular weight is 365 g/mol. The van der Waals surface area contributed by atoms with E-state index in [-0.39, 0.29) is 4.83 Å². The zero-order valence-electron chi connectivity index (χ0n) is 8.24. The van der Waals surface area contributed by atoms with E-state index in [1.54, 1.807) is 0 Å². The molecule has 0 aromatic heterocycles. The summed E-state index contributed by atoms with van der Waals surface area (Å²) in [5.41, 5.74) is 2.09. The Balaban J connectivity index is 4.16. The average Bonchev–Trinajstić information content (AvgIpc) is 2.03. The molecule has 14 heavy (non-hydrogen) atoms. The molecule has 0 aliphatic rings. The summed E-state index contributed by atoms with van der Waals surface area (Å²) in [5, 5.41) is 0. The van der Waals surface area contributed by atoms with E-state index in [0.29, 0.717) is 4.83 Å². The predicted octanol–water partition coefficient (Wildman–Crippen LogP) is 5.23. The molecule has 0 bridgehead atoms. The van der Waals surface area contributed by atoms with Gasteiger partial charge in [0, 0.05) is 9.65 Å². The molecule has 0 rings (SSSR count). The van der Waals surface area contributed by atoms with Crippen molar-refractivity contribution in [3.05, 3.63) is 23.8 Å². The molecule has 2 unspecified atom stereocenters. The van der Waals surface area contributed by atoms with Crippen molar-refractivity contribution in [2.24, 2.45) is 0 Å². The van der Waals surface area contributed by atoms with E-state index < -0.39 is 4.84 Å². The first-order chi connectivity index (χ1) is 6.34. The highest BCUT2D eigenvalue weighted by atomic mass is 79.9. The second kappa shape index (κ2) is 7.32. The maximum absolute atomic E-state index is 5.72. The monoisotopic (exact) mass is 362 g/mol. The van der Waals surface area contributed by atoms with E-state index >= 15 is 0 Å². The maximum atomic E-state index is 5.72. The van der Waals surface area contributed by atoms with Crippen molar-refractivity contribution in [3.8, 4) is 0 Å². The van der Waals surface area contributed by atoms with Crippen LogP contribution in [0, 0.1) is 0 Å². The van der Waals surface area contributed by atoms with Gasteiger partial charge in [0.1, 0.15) is 4.84 Å². The summed E-state index contributed by atoms with van der Waals surface area (Å²) in [6.45, 7) is 7.80. The van der Waals surface area contributed by atoms with Crippen LogP contribution in [0.15, 0.2) is 23.8 Å². The number of alkyl halides is 4. The Morgan fingerprint density at radius 2 is 1.86 bits per heavy atom. The molecule has 0 heterocycles. The Bertz CT molecular complexity index is 224. The minimum atomic E-state index is -0.423. The van der Waals surface area contributed by atoms with E-state index in [9.17, 15) is 0 Å². The third-order valence-electron chi connectivity index (χ3n) is 1.75. The van der Waals surface area contributed by atoms with Gasteiger partial charge in [-0.05, 0) is 25.8 Å². The van der Waals surface area contributed by atoms with Crippen LogP contribution in [0.5, 0.6) is 0 Å². The molecule has 2 atom stereocenters. The number of rotatable bonds is 5. The summed E-state index contributed by atoms with van der Waals surface area (Å²) in [6.07, 6.45) is 2.97. The van der Waals surface area contributed by atoms with Crippen LogP contribution in [0.3, 0.4) is 0 Å². The fourth-order valence-electron chi connectivity index (χ4n) is 0.825. The van der Waals surface area contributed by atoms with Crippen LogP contribution in [-0.2, 0) is 0 Å². The smallest absolute Gasteiger partial charge is 0.100 e. The van der Waals surface area contributed by atoms with E-state index in [1.165, 1.54) is 0 Å². The second-order valence-corrected chi connectivity index (χ2v) is 6.65. The predicted molar refractivity (Wildman–Crippen MR) is 74.1 cm³/mol. The summed E-state index contributed by atoms with van der Waals surface area (Å²) < 4.78 is 0. The number of hydrogen-bond acceptors (Lipinski definition) is 0. The molecule has 0 N–H and O–H groups in total. The SMILES string of the molecule is C=C(C)C(Br)CC(Br)/C=C(\C)C(Cl)Cl. The minimum absolute atomic E-state index is 0.267. The van der Waals surface area contributed by atoms with Gasteiger partial charge in [-0.25, -0.2) is 0 Å². The molecule has 4 heteroatoms. The molecule has 0 aliphatic carbocycles. The molecule has 0 spiro atoms. The first-order valence-electron chi connectivity index (χ1n) is 4.24. The van der Waals surface area contributed by atoms with Gasteiger partial charge in [0.25, 0.3) is 0 Å². The summed E-state index contributed by atoms with van der Waals surface area (Å²) in [5.74, 6) is 0. The van der Waals surface area contributed by atoms with Gasteiger partial charge < -0.3 is 0 Å². The quantitative estimate of drug-likeness (QED) is 0.463. The Labute approximate surface area is 113 Å². The topological polar surface area (TPSA) is 0 Å². The number of allylic oxidation sites excluding steroid dienone is 3. The Morgan fingerprint density at radius 3 is 2.21 bits per heavy atom. The molecule has 0 fully saturated rings. The van der Waals surface area contributed by atoms with Gasteiger partial charge in [0.05, 0.1) is 0 Å². The van der Waals surface area contributed by atoms with Gasteiger partial charge in [-0.2, -0.15) is 0 Å². The van der Waals surface area contributed by atoms with Crippen LogP contribution in [0.1, 0.15) is 20.3 Å². The molecule has 0 aromatic rings. The lowest BCUT2D eigenvalue weighted by atomic mass is 10.1. The molecular formula is C10H14Br2Cl2. The lowest BCUT2D eigenvalue weighted by Crippen LogP contribution is -2.07. The Hall–Kier alpha value is 1.02. The van der Waals surface area contributed by atoms with Crippen LogP contribution < -0.4 is 0 Å². The Kier molecular flexibility index (Phi) is 7.85. The molecular weight excluding hydrogens is 351 g/mol. The molecule has 0 saturated carbocycles. The second-order valence-electron chi connectivity index (χ2n) is 3.28. The van der Waals surface area contributed by atoms with Crippen LogP contribution in [-0.4, -0.2) is 14.5 Å². The van der Waals surface area contributed by atoms with E-state index in [2.05, 4.69) is 38.4 Å². The van der Waals surface area contributed by atoms with Crippen molar-refractivity contribution in [2.75, 3.05) is 0 Å². The summed E-state index contributed by atoms with van der Waals surface area (Å²) >= 11 is 18.5. The van der Waals surface area contributed by atoms with Crippen molar-refractivity contribution in [1.82, 2.24) is 0 Å². The lowest BCUT2D eigenvalue weighted by molar-refractivity contribution is 0.880. The van der Waals surface area contributed by atoms with E-state index in [4.69, 9.17) is 23.2 Å². The molecule has 0 amide bonds. The van der Waals surface area contributed by atoms with Gasteiger partial charge in [0.15, 0.2) is 0 Å². The van der Waals surface area contributed by atoms with E-state index in [0.717, 1.165) is 17.6 Å². The van der Waals surface area contributed by atoms with Crippen molar-refractivity contribution in [2.45, 2.75) is 34.8 Å². The summed E-state index contributed by atoms with van der Waals surface area (Å²) in [7, 11) is 0. The van der Waals surface area contributed by atoms with Crippen molar-refractivity contribution < 1.29 is 0 Å². The molecule has 0 aliphatic heterocycles. The highest BCUT2D eigenvalue weighted by Gasteiger charge is 2.11. The Morgan fingerprint density at radius 1 is 1.36 bits per heavy atom. The largest absolute Gasteiger partial charge is 0.128 e. The highest BCUT2D eigenvalue weighted by molar-refractivity contribution is 9.10. The lowest BCUT2D eigenvalue weighted by Gasteiger charge is -2.13. The molecule has 0 nitrogen and oxygen atoms in total. The highest BCUT2D eigenvalue weighted by Crippen LogP contribution is 2.23. The van der Waals surface area contributed by atoms with Gasteiger partial charge in [-0.3, -0.25) is 0 Å². The van der Waals surface area contributed by atoms with Crippen molar-refractivity contribution >= 4 is 55.1 Å². The van der Waals surface area contributed by atoms with Gasteiger partial charge in [-0.1, -0.05) is 50.1 Å². The minimum Gasteiger partial charge on any atom is -0.100 e. The summed E-state index contributed by atoms with van der Waals surface area (Å²) in [4.78, 5) is 0.164. The summed E-state index contributed by atoms with van der Waals surface area (Å²) in [6, 6.07) is 0. The third-order valence-corrected chi connectivity index (χ3v) is 4.24. The zero-order valence-corrected chi connectivity index (χ0v) is 12.9. The molecule has 0 radical (unpaired) electrons. The molecule has 0 saturated heterocycles. The van der Waals surface area contributed by atoms with Crippen LogP contribution >= 0.6 is 55.1 Å². The number of hydrogen-bond donors (Lipinski definition) is 0. The maximum Gasteiger partial charge on any atom is 0.128 e. The van der Waals surface area contributed by atoms with Crippen LogP contribution in [0.4, 0.5) is 0 Å². The van der Waals surface area contributed by atoms with Crippen LogP contribution in [0.2, 0.25) is 0 Å². The van der Waals surface area contributed by atoms with E-state index in [1.807, 2.05) is 19.9 Å². The normalized spacial score (nSPS) is 16.9. The standard InChI is InChI=1S/C10H14Br2Cl2/c1-6(2)9(12)5-8(11)4-7(3)10(13)14/h4,8-10H,1,5H2,2-3H3/b7-4+. The van der Waals surface area contributed by atoms with Gasteiger partial charge >= 0.3 is 0 Å². The third kappa shape index (κ3) is 6.49. The molecule has 0 aromatic carbocycles. The first kappa shape index (κ1) is 15.0. The van der Waals surface area contributed by atoms with Crippen molar-refractivity contribution in [3.63, 3.8) is 0 Å². The fraction of sp³-hybridized carbons (Fsp3) is 0.600.